The minimum Gasteiger partial charge on any atom is -0.481 e. The van der Waals surface area contributed by atoms with E-state index >= 15 is 0 Å². The summed E-state index contributed by atoms with van der Waals surface area (Å²) in [5, 5.41) is 9.32. The predicted molar refractivity (Wildman–Crippen MR) is 126 cm³/mol. The number of nitrogens with zero attached hydrogens (tertiary/aromatic N) is 3. The lowest BCUT2D eigenvalue weighted by atomic mass is 9.93. The number of rotatable bonds is 4. The van der Waals surface area contributed by atoms with Crippen LogP contribution < -0.4 is 4.74 Å². The van der Waals surface area contributed by atoms with Gasteiger partial charge in [-0.1, -0.05) is 36.4 Å². The van der Waals surface area contributed by atoms with E-state index in [0.717, 1.165) is 54.6 Å². The average molecular weight is 426 g/mol. The molecule has 2 heterocycles. The Bertz CT molecular complexity index is 876. The molecule has 0 aromatic heterocycles. The van der Waals surface area contributed by atoms with Gasteiger partial charge in [0.25, 0.3) is 0 Å². The molecule has 0 unspecified atom stereocenters. The first-order chi connectivity index (χ1) is 14.6. The number of benzene rings is 1. The topological polar surface area (TPSA) is 65.4 Å². The predicted octanol–water partition coefficient (Wildman–Crippen LogP) is 4.55. The molecule has 0 bridgehead atoms. The van der Waals surface area contributed by atoms with Crippen molar-refractivity contribution in [1.82, 2.24) is 9.80 Å². The molecule has 1 N–H and O–H groups in total. The summed E-state index contributed by atoms with van der Waals surface area (Å²) in [6, 6.07) is 7.92. The minimum atomic E-state index is -0.755. The van der Waals surface area contributed by atoms with Gasteiger partial charge < -0.3 is 14.7 Å². The Kier molecular flexibility index (Phi) is 8.63. The summed E-state index contributed by atoms with van der Waals surface area (Å²) in [4.78, 5) is 20.6. The molecule has 31 heavy (non-hydrogen) atoms. The third-order valence-electron chi connectivity index (χ3n) is 5.09. The van der Waals surface area contributed by atoms with Crippen LogP contribution in [0.1, 0.15) is 40.2 Å². The standard InChI is InChI=1S/C19H25N3O3.C6H10/c1-14-12-25-16-7-5-4-6-15(16)17(20-14)22-10-8-21(9-11-22)13-19(2,3)18(23)24;1-4-5-6(2)3/h4-7,12H,8-11,13H2,1-3H3,(H,23,24);4-5H,2H2,1,3H3/b;5-4-. The van der Waals surface area contributed by atoms with Gasteiger partial charge in [-0.05, 0) is 46.8 Å². The van der Waals surface area contributed by atoms with Crippen molar-refractivity contribution in [2.75, 3.05) is 32.7 Å². The maximum absolute atomic E-state index is 11.3. The summed E-state index contributed by atoms with van der Waals surface area (Å²) in [6.07, 6.45) is 5.62. The highest BCUT2D eigenvalue weighted by Crippen LogP contribution is 2.26. The van der Waals surface area contributed by atoms with Crippen molar-refractivity contribution in [3.05, 3.63) is 66.1 Å². The lowest BCUT2D eigenvalue weighted by molar-refractivity contribution is -0.148. The van der Waals surface area contributed by atoms with Crippen LogP contribution in [0.25, 0.3) is 0 Å². The molecule has 1 aromatic carbocycles. The largest absolute Gasteiger partial charge is 0.481 e. The maximum Gasteiger partial charge on any atom is 0.310 e. The number of carbonyl (C=O) groups is 1. The molecule has 2 aliphatic heterocycles. The SMILES string of the molecule is C=C(C)/C=C\C.CC1=COc2ccccc2C(N2CCN(CC(C)(C)C(=O)O)CC2)=N1. The molecule has 2 aliphatic rings. The summed E-state index contributed by atoms with van der Waals surface area (Å²) in [5.41, 5.74) is 2.20. The Labute approximate surface area is 186 Å². The molecule has 0 aliphatic carbocycles. The third kappa shape index (κ3) is 7.10. The van der Waals surface area contributed by atoms with Crippen LogP contribution in [0.3, 0.4) is 0 Å². The highest BCUT2D eigenvalue weighted by Gasteiger charge is 2.32. The van der Waals surface area contributed by atoms with Crippen molar-refractivity contribution < 1.29 is 14.6 Å². The second-order valence-corrected chi connectivity index (χ2v) is 8.61. The number of fused-ring (bicyclic) bond motifs is 1. The van der Waals surface area contributed by atoms with Crippen molar-refractivity contribution in [1.29, 1.82) is 0 Å². The van der Waals surface area contributed by atoms with Gasteiger partial charge in [-0.2, -0.15) is 0 Å². The van der Waals surface area contributed by atoms with Gasteiger partial charge in [0.1, 0.15) is 17.8 Å². The van der Waals surface area contributed by atoms with Gasteiger partial charge in [0.15, 0.2) is 0 Å². The van der Waals surface area contributed by atoms with Gasteiger partial charge in [-0.25, -0.2) is 4.99 Å². The van der Waals surface area contributed by atoms with E-state index in [4.69, 9.17) is 9.73 Å². The number of aliphatic carboxylic acids is 1. The molecule has 0 amide bonds. The lowest BCUT2D eigenvalue weighted by Gasteiger charge is -2.39. The van der Waals surface area contributed by atoms with Crippen LogP contribution in [0.5, 0.6) is 5.75 Å². The van der Waals surface area contributed by atoms with Crippen LogP contribution in [-0.2, 0) is 4.79 Å². The second-order valence-electron chi connectivity index (χ2n) is 8.61. The molecule has 0 atom stereocenters. The first kappa shape index (κ1) is 24.4. The Morgan fingerprint density at radius 1 is 1.26 bits per heavy atom. The second kappa shape index (κ2) is 11.0. The highest BCUT2D eigenvalue weighted by molar-refractivity contribution is 6.02. The summed E-state index contributed by atoms with van der Waals surface area (Å²) >= 11 is 0. The molecule has 6 heteroatoms. The van der Waals surface area contributed by atoms with Gasteiger partial charge in [0, 0.05) is 32.7 Å². The van der Waals surface area contributed by atoms with Gasteiger partial charge in [-0.3, -0.25) is 9.69 Å². The smallest absolute Gasteiger partial charge is 0.310 e. The number of piperazine rings is 1. The fourth-order valence-electron chi connectivity index (χ4n) is 3.43. The molecule has 0 saturated carbocycles. The van der Waals surface area contributed by atoms with E-state index in [1.807, 2.05) is 57.2 Å². The van der Waals surface area contributed by atoms with Crippen LogP contribution in [0, 0.1) is 5.41 Å². The Morgan fingerprint density at radius 2 is 1.90 bits per heavy atom. The van der Waals surface area contributed by atoms with E-state index in [0.29, 0.717) is 6.54 Å². The quantitative estimate of drug-likeness (QED) is 0.717. The molecule has 168 valence electrons. The molecule has 3 rings (SSSR count). The van der Waals surface area contributed by atoms with Gasteiger partial charge in [0.2, 0.25) is 0 Å². The monoisotopic (exact) mass is 425 g/mol. The molecule has 1 fully saturated rings. The zero-order valence-electron chi connectivity index (χ0n) is 19.4. The van der Waals surface area contributed by atoms with Gasteiger partial charge in [-0.15, -0.1) is 0 Å². The summed E-state index contributed by atoms with van der Waals surface area (Å²) in [6.45, 7) is 16.9. The average Bonchev–Trinajstić information content (AvgIpc) is 2.88. The number of ether oxygens (including phenoxy) is 1. The van der Waals surface area contributed by atoms with Crippen LogP contribution in [-0.4, -0.2) is 59.4 Å². The first-order valence-electron chi connectivity index (χ1n) is 10.6. The number of carboxylic acids is 1. The van der Waals surface area contributed by atoms with Crippen molar-refractivity contribution >= 4 is 11.8 Å². The van der Waals surface area contributed by atoms with E-state index in [1.54, 1.807) is 20.1 Å². The number of aliphatic imine (C=N–C) groups is 1. The van der Waals surface area contributed by atoms with E-state index in [2.05, 4.69) is 16.4 Å². The normalized spacial score (nSPS) is 16.9. The van der Waals surface area contributed by atoms with E-state index in [1.165, 1.54) is 0 Å². The van der Waals surface area contributed by atoms with Gasteiger partial charge >= 0.3 is 5.97 Å². The summed E-state index contributed by atoms with van der Waals surface area (Å²) in [5.74, 6) is 0.987. The summed E-state index contributed by atoms with van der Waals surface area (Å²) in [7, 11) is 0. The minimum absolute atomic E-state index is 0.557. The number of para-hydroxylation sites is 1. The number of allylic oxidation sites excluding steroid dienone is 4. The van der Waals surface area contributed by atoms with Crippen LogP contribution in [0.15, 0.2) is 65.5 Å². The molecule has 6 nitrogen and oxygen atoms in total. The van der Waals surface area contributed by atoms with Crippen LogP contribution >= 0.6 is 0 Å². The van der Waals surface area contributed by atoms with Crippen LogP contribution in [0.2, 0.25) is 0 Å². The maximum atomic E-state index is 11.3. The number of carboxylic acid groups (broad SMARTS) is 1. The third-order valence-corrected chi connectivity index (χ3v) is 5.09. The number of amidine groups is 1. The first-order valence-corrected chi connectivity index (χ1v) is 10.6. The summed E-state index contributed by atoms with van der Waals surface area (Å²) < 4.78 is 5.72. The molecular weight excluding hydrogens is 390 g/mol. The van der Waals surface area contributed by atoms with Crippen molar-refractivity contribution in [3.63, 3.8) is 0 Å². The fourth-order valence-corrected chi connectivity index (χ4v) is 3.43. The fraction of sp³-hybridized carbons (Fsp3) is 0.440. The zero-order chi connectivity index (χ0) is 23.0. The van der Waals surface area contributed by atoms with E-state index < -0.39 is 11.4 Å². The molecule has 1 aromatic rings. The van der Waals surface area contributed by atoms with Crippen molar-refractivity contribution in [3.8, 4) is 5.75 Å². The molecular formula is C25H35N3O3. The molecule has 0 radical (unpaired) electrons. The van der Waals surface area contributed by atoms with Crippen molar-refractivity contribution in [2.45, 2.75) is 34.6 Å². The zero-order valence-corrected chi connectivity index (χ0v) is 19.4. The Balaban J connectivity index is 0.000000501. The Hall–Kier alpha value is -2.86. The van der Waals surface area contributed by atoms with Gasteiger partial charge in [0.05, 0.1) is 16.7 Å². The van der Waals surface area contributed by atoms with Crippen LogP contribution in [0.4, 0.5) is 0 Å². The number of hydrogen-bond donors (Lipinski definition) is 1. The van der Waals surface area contributed by atoms with Crippen molar-refractivity contribution in [2.24, 2.45) is 10.4 Å². The molecule has 0 spiro atoms. The highest BCUT2D eigenvalue weighted by atomic mass is 16.5. The number of hydrogen-bond acceptors (Lipinski definition) is 5. The lowest BCUT2D eigenvalue weighted by Crippen LogP contribution is -2.52. The van der Waals surface area contributed by atoms with E-state index in [9.17, 15) is 9.90 Å². The Morgan fingerprint density at radius 3 is 2.45 bits per heavy atom. The van der Waals surface area contributed by atoms with E-state index in [-0.39, 0.29) is 0 Å². The molecule has 1 saturated heterocycles.